The van der Waals surface area contributed by atoms with Gasteiger partial charge in [0.05, 0.1) is 6.10 Å². The number of rotatable bonds is 4. The lowest BCUT2D eigenvalue weighted by molar-refractivity contribution is -0.136. The zero-order valence-electron chi connectivity index (χ0n) is 12.1. The van der Waals surface area contributed by atoms with Crippen molar-refractivity contribution in [2.45, 2.75) is 50.8 Å². The monoisotopic (exact) mass is 270 g/mol. The van der Waals surface area contributed by atoms with E-state index in [-0.39, 0.29) is 12.5 Å². The SMILES string of the molecule is COCC(=O)N1CCC(NC2CCOC(C)C2)CC1. The normalized spacial score (nSPS) is 29.5. The summed E-state index contributed by atoms with van der Waals surface area (Å²) in [6, 6.07) is 1.12. The van der Waals surface area contributed by atoms with Crippen LogP contribution in [0, 0.1) is 0 Å². The fourth-order valence-electron chi connectivity index (χ4n) is 2.99. The fraction of sp³-hybridized carbons (Fsp3) is 0.929. The van der Waals surface area contributed by atoms with Crippen molar-refractivity contribution in [3.8, 4) is 0 Å². The maximum absolute atomic E-state index is 11.7. The number of carbonyl (C=O) groups is 1. The van der Waals surface area contributed by atoms with Crippen molar-refractivity contribution in [2.75, 3.05) is 33.4 Å². The molecule has 2 aliphatic heterocycles. The summed E-state index contributed by atoms with van der Waals surface area (Å²) in [5, 5.41) is 3.73. The van der Waals surface area contributed by atoms with Gasteiger partial charge in [-0.15, -0.1) is 0 Å². The van der Waals surface area contributed by atoms with Crippen LogP contribution in [0.25, 0.3) is 0 Å². The van der Waals surface area contributed by atoms with Crippen LogP contribution in [0.2, 0.25) is 0 Å². The molecule has 2 atom stereocenters. The highest BCUT2D eigenvalue weighted by molar-refractivity contribution is 5.77. The summed E-state index contributed by atoms with van der Waals surface area (Å²) in [4.78, 5) is 13.6. The molecule has 5 heteroatoms. The number of hydrogen-bond donors (Lipinski definition) is 1. The third-order valence-electron chi connectivity index (χ3n) is 4.07. The number of likely N-dealkylation sites (tertiary alicyclic amines) is 1. The molecule has 0 saturated carbocycles. The van der Waals surface area contributed by atoms with Crippen LogP contribution in [-0.2, 0) is 14.3 Å². The van der Waals surface area contributed by atoms with Gasteiger partial charge in [0.25, 0.3) is 0 Å². The van der Waals surface area contributed by atoms with Crippen molar-refractivity contribution < 1.29 is 14.3 Å². The van der Waals surface area contributed by atoms with Gasteiger partial charge in [0.1, 0.15) is 6.61 Å². The molecule has 0 spiro atoms. The predicted octanol–water partition coefficient (Wildman–Crippen LogP) is 0.781. The number of nitrogens with one attached hydrogen (secondary N) is 1. The molecule has 2 heterocycles. The van der Waals surface area contributed by atoms with Crippen LogP contribution in [0.1, 0.15) is 32.6 Å². The van der Waals surface area contributed by atoms with E-state index >= 15 is 0 Å². The number of nitrogens with zero attached hydrogens (tertiary/aromatic N) is 1. The van der Waals surface area contributed by atoms with Crippen LogP contribution in [0.15, 0.2) is 0 Å². The van der Waals surface area contributed by atoms with E-state index in [9.17, 15) is 4.79 Å². The van der Waals surface area contributed by atoms with Crippen molar-refractivity contribution in [3.63, 3.8) is 0 Å². The van der Waals surface area contributed by atoms with Gasteiger partial charge in [0.15, 0.2) is 0 Å². The van der Waals surface area contributed by atoms with Gasteiger partial charge in [-0.2, -0.15) is 0 Å². The summed E-state index contributed by atoms with van der Waals surface area (Å²) < 4.78 is 10.5. The lowest BCUT2D eigenvalue weighted by Crippen LogP contribution is -2.50. The molecule has 0 aliphatic carbocycles. The van der Waals surface area contributed by atoms with Crippen molar-refractivity contribution in [1.82, 2.24) is 10.2 Å². The zero-order valence-corrected chi connectivity index (χ0v) is 12.1. The Labute approximate surface area is 115 Å². The average Bonchev–Trinajstić information content (AvgIpc) is 2.40. The van der Waals surface area contributed by atoms with Gasteiger partial charge in [-0.25, -0.2) is 0 Å². The Morgan fingerprint density at radius 2 is 2.05 bits per heavy atom. The van der Waals surface area contributed by atoms with E-state index in [2.05, 4.69) is 12.2 Å². The summed E-state index contributed by atoms with van der Waals surface area (Å²) in [5.74, 6) is 0.112. The standard InChI is InChI=1S/C14H26N2O3/c1-11-9-13(5-8-19-11)15-12-3-6-16(7-4-12)14(17)10-18-2/h11-13,15H,3-10H2,1-2H3. The third kappa shape index (κ3) is 4.44. The maximum Gasteiger partial charge on any atom is 0.248 e. The van der Waals surface area contributed by atoms with E-state index in [1.54, 1.807) is 7.11 Å². The second kappa shape index (κ2) is 7.22. The van der Waals surface area contributed by atoms with Crippen molar-refractivity contribution in [3.05, 3.63) is 0 Å². The Hall–Kier alpha value is -0.650. The Balaban J connectivity index is 1.69. The molecule has 2 fully saturated rings. The first-order chi connectivity index (χ1) is 9.19. The number of amides is 1. The molecule has 2 aliphatic rings. The highest BCUT2D eigenvalue weighted by Crippen LogP contribution is 2.17. The first-order valence-electron chi connectivity index (χ1n) is 7.33. The first kappa shape index (κ1) is 14.8. The van der Waals surface area contributed by atoms with Crippen molar-refractivity contribution in [1.29, 1.82) is 0 Å². The molecule has 5 nitrogen and oxygen atoms in total. The number of piperidine rings is 1. The van der Waals surface area contributed by atoms with Crippen LogP contribution < -0.4 is 5.32 Å². The van der Waals surface area contributed by atoms with E-state index in [4.69, 9.17) is 9.47 Å². The number of hydrogen-bond acceptors (Lipinski definition) is 4. The Bertz CT molecular complexity index is 290. The Morgan fingerprint density at radius 3 is 2.68 bits per heavy atom. The lowest BCUT2D eigenvalue weighted by Gasteiger charge is -2.36. The topological polar surface area (TPSA) is 50.8 Å². The van der Waals surface area contributed by atoms with E-state index in [1.807, 2.05) is 4.90 Å². The summed E-state index contributed by atoms with van der Waals surface area (Å²) >= 11 is 0. The van der Waals surface area contributed by atoms with Crippen molar-refractivity contribution in [2.24, 2.45) is 0 Å². The van der Waals surface area contributed by atoms with E-state index in [0.29, 0.717) is 18.2 Å². The van der Waals surface area contributed by atoms with E-state index < -0.39 is 0 Å². The molecule has 1 amide bonds. The molecule has 2 saturated heterocycles. The highest BCUT2D eigenvalue weighted by Gasteiger charge is 2.26. The quantitative estimate of drug-likeness (QED) is 0.820. The number of methoxy groups -OCH3 is 1. The van der Waals surface area contributed by atoms with Gasteiger partial charge >= 0.3 is 0 Å². The molecular formula is C14H26N2O3. The fourth-order valence-corrected chi connectivity index (χ4v) is 2.99. The maximum atomic E-state index is 11.7. The summed E-state index contributed by atoms with van der Waals surface area (Å²) in [6.07, 6.45) is 4.66. The largest absolute Gasteiger partial charge is 0.378 e. The predicted molar refractivity (Wildman–Crippen MR) is 73.0 cm³/mol. The lowest BCUT2D eigenvalue weighted by atomic mass is 9.99. The zero-order chi connectivity index (χ0) is 13.7. The van der Waals surface area contributed by atoms with Gasteiger partial charge in [-0.1, -0.05) is 0 Å². The molecule has 2 unspecified atom stereocenters. The minimum Gasteiger partial charge on any atom is -0.378 e. The van der Waals surface area contributed by atoms with Gasteiger partial charge in [-0.3, -0.25) is 4.79 Å². The van der Waals surface area contributed by atoms with Crippen LogP contribution in [-0.4, -0.2) is 62.4 Å². The molecule has 1 N–H and O–H groups in total. The number of ether oxygens (including phenoxy) is 2. The Kier molecular flexibility index (Phi) is 5.60. The molecule has 2 rings (SSSR count). The number of carbonyl (C=O) groups excluding carboxylic acids is 1. The Morgan fingerprint density at radius 1 is 1.32 bits per heavy atom. The molecule has 0 bridgehead atoms. The smallest absolute Gasteiger partial charge is 0.248 e. The molecular weight excluding hydrogens is 244 g/mol. The summed E-state index contributed by atoms with van der Waals surface area (Å²) in [5.41, 5.74) is 0. The van der Waals surface area contributed by atoms with Crippen LogP contribution >= 0.6 is 0 Å². The summed E-state index contributed by atoms with van der Waals surface area (Å²) in [6.45, 7) is 4.90. The minimum atomic E-state index is 0.112. The second-order valence-electron chi connectivity index (χ2n) is 5.66. The third-order valence-corrected chi connectivity index (χ3v) is 4.07. The van der Waals surface area contributed by atoms with Gasteiger partial charge in [-0.05, 0) is 32.6 Å². The first-order valence-corrected chi connectivity index (χ1v) is 7.33. The van der Waals surface area contributed by atoms with Crippen molar-refractivity contribution >= 4 is 5.91 Å². The molecule has 0 aromatic carbocycles. The molecule has 110 valence electrons. The molecule has 0 aromatic rings. The van der Waals surface area contributed by atoms with Crippen LogP contribution in [0.3, 0.4) is 0 Å². The van der Waals surface area contributed by atoms with Gasteiger partial charge in [0, 0.05) is 38.9 Å². The average molecular weight is 270 g/mol. The second-order valence-corrected chi connectivity index (χ2v) is 5.66. The summed E-state index contributed by atoms with van der Waals surface area (Å²) in [7, 11) is 1.57. The molecule has 19 heavy (non-hydrogen) atoms. The van der Waals surface area contributed by atoms with Crippen LogP contribution in [0.5, 0.6) is 0 Å². The molecule has 0 radical (unpaired) electrons. The highest BCUT2D eigenvalue weighted by atomic mass is 16.5. The minimum absolute atomic E-state index is 0.112. The van der Waals surface area contributed by atoms with Gasteiger partial charge in [0.2, 0.25) is 5.91 Å². The van der Waals surface area contributed by atoms with E-state index in [1.165, 1.54) is 0 Å². The van der Waals surface area contributed by atoms with E-state index in [0.717, 1.165) is 45.4 Å². The molecule has 0 aromatic heterocycles. The van der Waals surface area contributed by atoms with Gasteiger partial charge < -0.3 is 19.7 Å². The van der Waals surface area contributed by atoms with Crippen LogP contribution in [0.4, 0.5) is 0 Å².